The molecule has 1 aromatic rings. The Hall–Kier alpha value is -0.380. The molecule has 0 radical (unpaired) electrons. The predicted octanol–water partition coefficient (Wildman–Crippen LogP) is 2.88. The summed E-state index contributed by atoms with van der Waals surface area (Å²) in [7, 11) is 0. The molecule has 0 bridgehead atoms. The number of thiophene rings is 1. The minimum atomic E-state index is 0.577. The van der Waals surface area contributed by atoms with Crippen molar-refractivity contribution in [3.8, 4) is 0 Å². The molecule has 2 nitrogen and oxygen atoms in total. The van der Waals surface area contributed by atoms with Crippen LogP contribution in [0.1, 0.15) is 38.3 Å². The number of rotatable bonds is 4. The zero-order chi connectivity index (χ0) is 11.4. The molecule has 2 rings (SSSR count). The summed E-state index contributed by atoms with van der Waals surface area (Å²) in [4.78, 5) is 2.61. The molecule has 2 unspecified atom stereocenters. The summed E-state index contributed by atoms with van der Waals surface area (Å²) in [6.45, 7) is 8.06. The lowest BCUT2D eigenvalue weighted by Crippen LogP contribution is -2.46. The molecule has 2 atom stereocenters. The fourth-order valence-electron chi connectivity index (χ4n) is 2.54. The van der Waals surface area contributed by atoms with Gasteiger partial charge in [-0.3, -0.25) is 4.90 Å². The summed E-state index contributed by atoms with van der Waals surface area (Å²) in [5.74, 6) is 0. The molecule has 1 fully saturated rings. The summed E-state index contributed by atoms with van der Waals surface area (Å²) in [6.07, 6.45) is 2.66. The third kappa shape index (κ3) is 2.84. The molecule has 0 amide bonds. The Labute approximate surface area is 103 Å². The van der Waals surface area contributed by atoms with Gasteiger partial charge in [-0.15, -0.1) is 0 Å². The lowest BCUT2D eigenvalue weighted by Gasteiger charge is -2.37. The Morgan fingerprint density at radius 1 is 1.62 bits per heavy atom. The second-order valence-corrected chi connectivity index (χ2v) is 5.40. The van der Waals surface area contributed by atoms with Crippen molar-refractivity contribution in [1.29, 1.82) is 0 Å². The third-order valence-corrected chi connectivity index (χ3v) is 4.22. The molecule has 3 heteroatoms. The van der Waals surface area contributed by atoms with Gasteiger partial charge in [0.1, 0.15) is 0 Å². The highest BCUT2D eigenvalue weighted by atomic mass is 32.1. The lowest BCUT2D eigenvalue weighted by molar-refractivity contribution is 0.147. The minimum Gasteiger partial charge on any atom is -0.313 e. The van der Waals surface area contributed by atoms with E-state index in [0.29, 0.717) is 12.1 Å². The van der Waals surface area contributed by atoms with E-state index in [-0.39, 0.29) is 0 Å². The van der Waals surface area contributed by atoms with Crippen LogP contribution in [0.3, 0.4) is 0 Å². The number of nitrogens with zero attached hydrogens (tertiary/aromatic N) is 1. The zero-order valence-corrected chi connectivity index (χ0v) is 11.1. The van der Waals surface area contributed by atoms with Crippen LogP contribution in [0.2, 0.25) is 0 Å². The first-order valence-electron chi connectivity index (χ1n) is 6.30. The first-order chi connectivity index (χ1) is 7.81. The van der Waals surface area contributed by atoms with Crippen LogP contribution < -0.4 is 5.32 Å². The van der Waals surface area contributed by atoms with Crippen molar-refractivity contribution in [3.63, 3.8) is 0 Å². The van der Waals surface area contributed by atoms with Gasteiger partial charge in [0.25, 0.3) is 0 Å². The van der Waals surface area contributed by atoms with Crippen molar-refractivity contribution < 1.29 is 0 Å². The van der Waals surface area contributed by atoms with E-state index in [0.717, 1.165) is 6.54 Å². The van der Waals surface area contributed by atoms with E-state index in [1.54, 1.807) is 11.3 Å². The van der Waals surface area contributed by atoms with E-state index in [9.17, 15) is 0 Å². The van der Waals surface area contributed by atoms with Crippen LogP contribution in [-0.4, -0.2) is 30.6 Å². The Morgan fingerprint density at radius 3 is 3.19 bits per heavy atom. The summed E-state index contributed by atoms with van der Waals surface area (Å²) in [5, 5.41) is 8.03. The zero-order valence-electron chi connectivity index (χ0n) is 10.3. The highest BCUT2D eigenvalue weighted by Crippen LogP contribution is 2.25. The molecule has 0 aliphatic carbocycles. The van der Waals surface area contributed by atoms with Crippen LogP contribution >= 0.6 is 11.3 Å². The molecule has 2 heterocycles. The van der Waals surface area contributed by atoms with E-state index in [4.69, 9.17) is 0 Å². The standard InChI is InChI=1S/C13H22N2S/c1-3-14-13-5-4-7-15(9-13)11(2)12-6-8-16-10-12/h6,8,10-11,13-14H,3-5,7,9H2,1-2H3. The average Bonchev–Trinajstić information content (AvgIpc) is 2.82. The van der Waals surface area contributed by atoms with Crippen LogP contribution in [0.15, 0.2) is 16.8 Å². The Bertz CT molecular complexity index is 295. The summed E-state index contributed by atoms with van der Waals surface area (Å²) in [5.41, 5.74) is 1.47. The maximum atomic E-state index is 3.58. The Balaban J connectivity index is 1.93. The second-order valence-electron chi connectivity index (χ2n) is 4.62. The highest BCUT2D eigenvalue weighted by Gasteiger charge is 2.23. The number of nitrogens with one attached hydrogen (secondary N) is 1. The average molecular weight is 238 g/mol. The van der Waals surface area contributed by atoms with Crippen molar-refractivity contribution in [2.24, 2.45) is 0 Å². The van der Waals surface area contributed by atoms with Gasteiger partial charge in [0.05, 0.1) is 0 Å². The Morgan fingerprint density at radius 2 is 2.50 bits per heavy atom. The molecule has 1 aliphatic heterocycles. The molecule has 16 heavy (non-hydrogen) atoms. The first-order valence-corrected chi connectivity index (χ1v) is 7.25. The molecule has 1 aromatic heterocycles. The topological polar surface area (TPSA) is 15.3 Å². The number of hydrogen-bond donors (Lipinski definition) is 1. The van der Waals surface area contributed by atoms with Crippen LogP contribution in [0.25, 0.3) is 0 Å². The number of likely N-dealkylation sites (tertiary alicyclic amines) is 1. The maximum absolute atomic E-state index is 3.58. The van der Waals surface area contributed by atoms with E-state index >= 15 is 0 Å². The van der Waals surface area contributed by atoms with E-state index < -0.39 is 0 Å². The molecular formula is C13H22N2S. The van der Waals surface area contributed by atoms with Gasteiger partial charge in [-0.25, -0.2) is 0 Å². The van der Waals surface area contributed by atoms with Gasteiger partial charge in [0.2, 0.25) is 0 Å². The van der Waals surface area contributed by atoms with Gasteiger partial charge in [-0.2, -0.15) is 11.3 Å². The van der Waals surface area contributed by atoms with Gasteiger partial charge in [-0.1, -0.05) is 6.92 Å². The van der Waals surface area contributed by atoms with Crippen molar-refractivity contribution in [1.82, 2.24) is 10.2 Å². The van der Waals surface area contributed by atoms with Crippen LogP contribution in [-0.2, 0) is 0 Å². The number of hydrogen-bond acceptors (Lipinski definition) is 3. The van der Waals surface area contributed by atoms with Gasteiger partial charge < -0.3 is 5.32 Å². The van der Waals surface area contributed by atoms with Crippen molar-refractivity contribution in [2.75, 3.05) is 19.6 Å². The molecule has 1 N–H and O–H groups in total. The minimum absolute atomic E-state index is 0.577. The van der Waals surface area contributed by atoms with E-state index in [1.807, 2.05) is 0 Å². The van der Waals surface area contributed by atoms with Crippen molar-refractivity contribution in [3.05, 3.63) is 22.4 Å². The van der Waals surface area contributed by atoms with Gasteiger partial charge in [-0.05, 0) is 55.2 Å². The molecule has 0 aromatic carbocycles. The van der Waals surface area contributed by atoms with Crippen LogP contribution in [0.4, 0.5) is 0 Å². The molecule has 90 valence electrons. The van der Waals surface area contributed by atoms with E-state index in [2.05, 4.69) is 40.9 Å². The molecule has 1 saturated heterocycles. The lowest BCUT2D eigenvalue weighted by atomic mass is 10.0. The highest BCUT2D eigenvalue weighted by molar-refractivity contribution is 7.07. The second kappa shape index (κ2) is 5.80. The van der Waals surface area contributed by atoms with E-state index in [1.165, 1.54) is 31.5 Å². The largest absolute Gasteiger partial charge is 0.313 e. The van der Waals surface area contributed by atoms with Crippen molar-refractivity contribution in [2.45, 2.75) is 38.8 Å². The van der Waals surface area contributed by atoms with Gasteiger partial charge in [0.15, 0.2) is 0 Å². The number of likely N-dealkylation sites (N-methyl/N-ethyl adjacent to an activating group) is 1. The number of piperidine rings is 1. The fourth-order valence-corrected chi connectivity index (χ4v) is 3.28. The molecule has 0 spiro atoms. The SMILES string of the molecule is CCNC1CCCN(C(C)c2ccsc2)C1. The summed E-state index contributed by atoms with van der Waals surface area (Å²) >= 11 is 1.80. The fraction of sp³-hybridized carbons (Fsp3) is 0.692. The van der Waals surface area contributed by atoms with Crippen LogP contribution in [0.5, 0.6) is 0 Å². The first kappa shape index (κ1) is 12.1. The molecule has 0 saturated carbocycles. The summed E-state index contributed by atoms with van der Waals surface area (Å²) in [6, 6.07) is 3.53. The quantitative estimate of drug-likeness (QED) is 0.867. The van der Waals surface area contributed by atoms with Gasteiger partial charge in [0, 0.05) is 18.6 Å². The normalized spacial score (nSPS) is 24.5. The van der Waals surface area contributed by atoms with Crippen LogP contribution in [0, 0.1) is 0 Å². The Kier molecular flexibility index (Phi) is 4.38. The van der Waals surface area contributed by atoms with Gasteiger partial charge >= 0.3 is 0 Å². The third-order valence-electron chi connectivity index (χ3n) is 3.52. The maximum Gasteiger partial charge on any atom is 0.0328 e. The molecular weight excluding hydrogens is 216 g/mol. The predicted molar refractivity (Wildman–Crippen MR) is 71.0 cm³/mol. The smallest absolute Gasteiger partial charge is 0.0328 e. The monoisotopic (exact) mass is 238 g/mol. The summed E-state index contributed by atoms with van der Waals surface area (Å²) < 4.78 is 0. The van der Waals surface area contributed by atoms with Crippen molar-refractivity contribution >= 4 is 11.3 Å². The molecule has 1 aliphatic rings.